The Morgan fingerprint density at radius 3 is 2.24 bits per heavy atom. The Hall–Kier alpha value is -1.48. The quantitative estimate of drug-likeness (QED) is 0.874. The SMILES string of the molecule is Cc1cc(C)c(Sc2ccc(N)cn2)c(C)c1. The lowest BCUT2D eigenvalue weighted by molar-refractivity contribution is 1.12. The van der Waals surface area contributed by atoms with Gasteiger partial charge in [0.05, 0.1) is 11.9 Å². The van der Waals surface area contributed by atoms with E-state index in [1.54, 1.807) is 18.0 Å². The van der Waals surface area contributed by atoms with Gasteiger partial charge in [0, 0.05) is 4.90 Å². The maximum absolute atomic E-state index is 5.63. The van der Waals surface area contributed by atoms with Crippen LogP contribution in [0, 0.1) is 20.8 Å². The van der Waals surface area contributed by atoms with Crippen molar-refractivity contribution in [1.29, 1.82) is 0 Å². The van der Waals surface area contributed by atoms with Gasteiger partial charge in [0.1, 0.15) is 5.03 Å². The van der Waals surface area contributed by atoms with Crippen molar-refractivity contribution < 1.29 is 0 Å². The average molecular weight is 244 g/mol. The predicted molar refractivity (Wildman–Crippen MR) is 73.4 cm³/mol. The lowest BCUT2D eigenvalue weighted by atomic mass is 10.1. The molecule has 0 bridgehead atoms. The molecule has 0 atom stereocenters. The first kappa shape index (κ1) is 12.0. The van der Waals surface area contributed by atoms with E-state index in [9.17, 15) is 0 Å². The van der Waals surface area contributed by atoms with Crippen LogP contribution in [0.25, 0.3) is 0 Å². The van der Waals surface area contributed by atoms with Crippen LogP contribution >= 0.6 is 11.8 Å². The maximum Gasteiger partial charge on any atom is 0.101 e. The van der Waals surface area contributed by atoms with Crippen LogP contribution in [0.2, 0.25) is 0 Å². The molecule has 0 fully saturated rings. The second kappa shape index (κ2) is 4.80. The maximum atomic E-state index is 5.63. The first-order chi connectivity index (χ1) is 8.06. The molecule has 0 aliphatic carbocycles. The number of aryl methyl sites for hydroxylation is 3. The number of hydrogen-bond acceptors (Lipinski definition) is 3. The van der Waals surface area contributed by atoms with E-state index in [-0.39, 0.29) is 0 Å². The van der Waals surface area contributed by atoms with Crippen LogP contribution in [-0.4, -0.2) is 4.98 Å². The summed E-state index contributed by atoms with van der Waals surface area (Å²) in [4.78, 5) is 5.60. The highest BCUT2D eigenvalue weighted by atomic mass is 32.2. The zero-order valence-electron chi connectivity index (χ0n) is 10.3. The molecule has 2 aromatic rings. The Balaban J connectivity index is 2.33. The Morgan fingerprint density at radius 2 is 1.71 bits per heavy atom. The van der Waals surface area contributed by atoms with Crippen molar-refractivity contribution in [2.75, 3.05) is 5.73 Å². The molecule has 0 aliphatic heterocycles. The predicted octanol–water partition coefficient (Wildman–Crippen LogP) is 3.74. The molecule has 17 heavy (non-hydrogen) atoms. The lowest BCUT2D eigenvalue weighted by Gasteiger charge is -2.10. The molecule has 2 rings (SSSR count). The van der Waals surface area contributed by atoms with Gasteiger partial charge < -0.3 is 5.73 Å². The first-order valence-electron chi connectivity index (χ1n) is 5.53. The minimum absolute atomic E-state index is 0.701. The van der Waals surface area contributed by atoms with Crippen molar-refractivity contribution in [3.05, 3.63) is 47.2 Å². The number of nitrogen functional groups attached to an aromatic ring is 1. The van der Waals surface area contributed by atoms with Crippen molar-refractivity contribution in [1.82, 2.24) is 4.98 Å². The zero-order chi connectivity index (χ0) is 12.4. The van der Waals surface area contributed by atoms with Crippen molar-refractivity contribution >= 4 is 17.4 Å². The molecule has 1 aromatic carbocycles. The van der Waals surface area contributed by atoms with E-state index in [0.29, 0.717) is 5.69 Å². The molecule has 1 heterocycles. The van der Waals surface area contributed by atoms with E-state index >= 15 is 0 Å². The van der Waals surface area contributed by atoms with Crippen LogP contribution in [-0.2, 0) is 0 Å². The molecule has 0 saturated carbocycles. The van der Waals surface area contributed by atoms with Crippen LogP contribution in [0.3, 0.4) is 0 Å². The van der Waals surface area contributed by atoms with Gasteiger partial charge in [-0.05, 0) is 44.0 Å². The summed E-state index contributed by atoms with van der Waals surface area (Å²) in [6, 6.07) is 8.24. The van der Waals surface area contributed by atoms with Gasteiger partial charge in [-0.25, -0.2) is 4.98 Å². The molecule has 1 aromatic heterocycles. The fourth-order valence-corrected chi connectivity index (χ4v) is 2.77. The largest absolute Gasteiger partial charge is 0.397 e. The van der Waals surface area contributed by atoms with E-state index in [0.717, 1.165) is 5.03 Å². The smallest absolute Gasteiger partial charge is 0.101 e. The van der Waals surface area contributed by atoms with Gasteiger partial charge in [0.15, 0.2) is 0 Å². The third-order valence-electron chi connectivity index (χ3n) is 2.57. The second-order valence-corrected chi connectivity index (χ2v) is 5.29. The minimum atomic E-state index is 0.701. The number of nitrogens with two attached hydrogens (primary N) is 1. The molecule has 0 saturated heterocycles. The summed E-state index contributed by atoms with van der Waals surface area (Å²) < 4.78 is 0. The molecule has 2 nitrogen and oxygen atoms in total. The van der Waals surface area contributed by atoms with Gasteiger partial charge in [-0.15, -0.1) is 0 Å². The van der Waals surface area contributed by atoms with Crippen LogP contribution in [0.5, 0.6) is 0 Å². The second-order valence-electron chi connectivity index (χ2n) is 4.26. The van der Waals surface area contributed by atoms with Crippen molar-refractivity contribution in [2.45, 2.75) is 30.7 Å². The summed E-state index contributed by atoms with van der Waals surface area (Å²) in [5.74, 6) is 0. The fourth-order valence-electron chi connectivity index (χ4n) is 1.88. The summed E-state index contributed by atoms with van der Waals surface area (Å²) in [5, 5.41) is 0.981. The van der Waals surface area contributed by atoms with E-state index < -0.39 is 0 Å². The Bertz CT molecular complexity index is 509. The monoisotopic (exact) mass is 244 g/mol. The number of hydrogen-bond donors (Lipinski definition) is 1. The number of benzene rings is 1. The van der Waals surface area contributed by atoms with E-state index in [2.05, 4.69) is 37.9 Å². The molecule has 0 spiro atoms. The summed E-state index contributed by atoms with van der Waals surface area (Å²) in [6.45, 7) is 6.40. The summed E-state index contributed by atoms with van der Waals surface area (Å²) >= 11 is 1.69. The highest BCUT2D eigenvalue weighted by Gasteiger charge is 2.06. The molecule has 0 radical (unpaired) electrons. The van der Waals surface area contributed by atoms with Gasteiger partial charge in [-0.1, -0.05) is 29.5 Å². The van der Waals surface area contributed by atoms with Crippen LogP contribution in [0.15, 0.2) is 40.4 Å². The van der Waals surface area contributed by atoms with Crippen molar-refractivity contribution in [2.24, 2.45) is 0 Å². The van der Waals surface area contributed by atoms with Crippen LogP contribution in [0.4, 0.5) is 5.69 Å². The highest BCUT2D eigenvalue weighted by molar-refractivity contribution is 7.99. The zero-order valence-corrected chi connectivity index (χ0v) is 11.1. The van der Waals surface area contributed by atoms with Gasteiger partial charge in [-0.2, -0.15) is 0 Å². The topological polar surface area (TPSA) is 38.9 Å². The molecule has 0 aliphatic rings. The summed E-state index contributed by atoms with van der Waals surface area (Å²) in [6.07, 6.45) is 1.70. The van der Waals surface area contributed by atoms with Gasteiger partial charge in [-0.3, -0.25) is 0 Å². The van der Waals surface area contributed by atoms with Gasteiger partial charge in [0.25, 0.3) is 0 Å². The third kappa shape index (κ3) is 2.80. The van der Waals surface area contributed by atoms with Crippen LogP contribution in [0.1, 0.15) is 16.7 Å². The molecular weight excluding hydrogens is 228 g/mol. The Labute approximate surface area is 106 Å². The minimum Gasteiger partial charge on any atom is -0.397 e. The number of aromatic nitrogens is 1. The molecule has 88 valence electrons. The molecule has 2 N–H and O–H groups in total. The normalized spacial score (nSPS) is 10.5. The molecular formula is C14H16N2S. The molecule has 0 amide bonds. The highest BCUT2D eigenvalue weighted by Crippen LogP contribution is 2.32. The number of anilines is 1. The Morgan fingerprint density at radius 1 is 1.06 bits per heavy atom. The van der Waals surface area contributed by atoms with E-state index in [1.165, 1.54) is 21.6 Å². The molecule has 3 heteroatoms. The fraction of sp³-hybridized carbons (Fsp3) is 0.214. The van der Waals surface area contributed by atoms with E-state index in [1.807, 2.05) is 12.1 Å². The van der Waals surface area contributed by atoms with Gasteiger partial charge in [0.2, 0.25) is 0 Å². The summed E-state index contributed by atoms with van der Waals surface area (Å²) in [5.41, 5.74) is 10.2. The number of pyridine rings is 1. The Kier molecular flexibility index (Phi) is 3.38. The standard InChI is InChI=1S/C14H16N2S/c1-9-6-10(2)14(11(3)7-9)17-13-5-4-12(15)8-16-13/h4-8H,15H2,1-3H3. The van der Waals surface area contributed by atoms with Crippen molar-refractivity contribution in [3.8, 4) is 0 Å². The average Bonchev–Trinajstić information content (AvgIpc) is 2.26. The first-order valence-corrected chi connectivity index (χ1v) is 6.35. The molecule has 0 unspecified atom stereocenters. The van der Waals surface area contributed by atoms with E-state index in [4.69, 9.17) is 5.73 Å². The number of rotatable bonds is 2. The summed E-state index contributed by atoms with van der Waals surface area (Å²) in [7, 11) is 0. The van der Waals surface area contributed by atoms with Gasteiger partial charge >= 0.3 is 0 Å². The van der Waals surface area contributed by atoms with Crippen molar-refractivity contribution in [3.63, 3.8) is 0 Å². The third-order valence-corrected chi connectivity index (χ3v) is 3.87. The van der Waals surface area contributed by atoms with Crippen LogP contribution < -0.4 is 5.73 Å². The number of nitrogens with zero attached hydrogens (tertiary/aromatic N) is 1. The lowest BCUT2D eigenvalue weighted by Crippen LogP contribution is -1.90.